The Balaban J connectivity index is 1.60. The average Bonchev–Trinajstić information content (AvgIpc) is 2.70. The highest BCUT2D eigenvalue weighted by atomic mass is 32.1. The Morgan fingerprint density at radius 3 is 2.60 bits per heavy atom. The highest BCUT2D eigenvalue weighted by molar-refractivity contribution is 7.12. The molecule has 0 N–H and O–H groups in total. The lowest BCUT2D eigenvalue weighted by molar-refractivity contribution is 0.0948. The van der Waals surface area contributed by atoms with Crippen molar-refractivity contribution in [2.75, 3.05) is 0 Å². The predicted molar refractivity (Wildman–Crippen MR) is 60.0 cm³/mol. The highest BCUT2D eigenvalue weighted by Gasteiger charge is 2.67. The second kappa shape index (κ2) is 2.73. The molecule has 78 valence electrons. The van der Waals surface area contributed by atoms with Gasteiger partial charge in [-0.2, -0.15) is 0 Å². The van der Waals surface area contributed by atoms with Gasteiger partial charge >= 0.3 is 0 Å². The minimum absolute atomic E-state index is 0.426. The predicted octanol–water partition coefficient (Wildman–Crippen LogP) is 3.22. The molecule has 0 saturated heterocycles. The largest absolute Gasteiger partial charge is 0.293 e. The summed E-state index contributed by atoms with van der Waals surface area (Å²) in [6, 6.07) is 3.98. The van der Waals surface area contributed by atoms with Crippen molar-refractivity contribution in [2.45, 2.75) is 19.3 Å². The molecule has 1 heterocycles. The van der Waals surface area contributed by atoms with E-state index < -0.39 is 0 Å². The summed E-state index contributed by atoms with van der Waals surface area (Å²) in [6.45, 7) is 0. The smallest absolute Gasteiger partial charge is 0.176 e. The molecule has 1 aromatic heterocycles. The van der Waals surface area contributed by atoms with Crippen LogP contribution in [0.3, 0.4) is 0 Å². The van der Waals surface area contributed by atoms with Gasteiger partial charge < -0.3 is 0 Å². The standard InChI is InChI=1S/C13H14OS/c14-13(9-2-1-5-15-9)12-10-7-3-4-8(6-7)11(10)12/h1-2,5,7-8,10-12H,3-4,6H2. The topological polar surface area (TPSA) is 17.1 Å². The van der Waals surface area contributed by atoms with Crippen LogP contribution in [0.15, 0.2) is 17.5 Å². The monoisotopic (exact) mass is 218 g/mol. The zero-order valence-corrected chi connectivity index (χ0v) is 9.37. The van der Waals surface area contributed by atoms with Crippen molar-refractivity contribution in [3.05, 3.63) is 22.4 Å². The molecule has 0 aromatic carbocycles. The number of Topliss-reactive ketones (excluding diaryl/α,β-unsaturated/α-hetero) is 1. The van der Waals surface area contributed by atoms with E-state index in [1.165, 1.54) is 19.3 Å². The van der Waals surface area contributed by atoms with E-state index >= 15 is 0 Å². The molecule has 3 aliphatic rings. The molecule has 0 aliphatic heterocycles. The Hall–Kier alpha value is -0.630. The molecule has 3 aliphatic carbocycles. The zero-order chi connectivity index (χ0) is 9.99. The van der Waals surface area contributed by atoms with Crippen LogP contribution in [0.5, 0.6) is 0 Å². The second-order valence-corrected chi connectivity index (χ2v) is 6.30. The first-order valence-electron chi connectivity index (χ1n) is 5.94. The number of rotatable bonds is 2. The molecule has 4 unspecified atom stereocenters. The van der Waals surface area contributed by atoms with Crippen molar-refractivity contribution in [3.8, 4) is 0 Å². The van der Waals surface area contributed by atoms with Crippen LogP contribution in [0, 0.1) is 29.6 Å². The van der Waals surface area contributed by atoms with Crippen LogP contribution in [-0.2, 0) is 0 Å². The normalized spacial score (nSPS) is 45.5. The third-order valence-electron chi connectivity index (χ3n) is 4.80. The van der Waals surface area contributed by atoms with Gasteiger partial charge in [-0.15, -0.1) is 11.3 Å². The van der Waals surface area contributed by atoms with Crippen molar-refractivity contribution in [1.29, 1.82) is 0 Å². The van der Waals surface area contributed by atoms with Crippen LogP contribution in [-0.4, -0.2) is 5.78 Å². The summed E-state index contributed by atoms with van der Waals surface area (Å²) < 4.78 is 0. The summed E-state index contributed by atoms with van der Waals surface area (Å²) in [6.07, 6.45) is 4.24. The lowest BCUT2D eigenvalue weighted by Gasteiger charge is -2.06. The Kier molecular flexibility index (Phi) is 1.55. The molecular formula is C13H14OS. The molecular weight excluding hydrogens is 204 g/mol. The van der Waals surface area contributed by atoms with Gasteiger partial charge in [0.25, 0.3) is 0 Å². The van der Waals surface area contributed by atoms with E-state index in [1.807, 2.05) is 17.5 Å². The highest BCUT2D eigenvalue weighted by Crippen LogP contribution is 2.70. The summed E-state index contributed by atoms with van der Waals surface area (Å²) in [5.74, 6) is 4.28. The lowest BCUT2D eigenvalue weighted by Crippen LogP contribution is -2.08. The Bertz CT molecular complexity index is 392. The molecule has 2 heteroatoms. The molecule has 4 rings (SSSR count). The third-order valence-corrected chi connectivity index (χ3v) is 5.69. The summed E-state index contributed by atoms with van der Waals surface area (Å²) >= 11 is 1.61. The maximum atomic E-state index is 12.2. The molecule has 15 heavy (non-hydrogen) atoms. The fourth-order valence-corrected chi connectivity index (χ4v) is 4.97. The van der Waals surface area contributed by atoms with Gasteiger partial charge in [0.05, 0.1) is 4.88 Å². The van der Waals surface area contributed by atoms with Gasteiger partial charge in [-0.3, -0.25) is 4.79 Å². The van der Waals surface area contributed by atoms with Crippen molar-refractivity contribution < 1.29 is 4.79 Å². The fourth-order valence-electron chi connectivity index (χ4n) is 4.26. The molecule has 4 atom stereocenters. The molecule has 3 fully saturated rings. The van der Waals surface area contributed by atoms with Gasteiger partial charge in [0.2, 0.25) is 0 Å². The number of fused-ring (bicyclic) bond motifs is 5. The van der Waals surface area contributed by atoms with Crippen molar-refractivity contribution >= 4 is 17.1 Å². The van der Waals surface area contributed by atoms with Crippen molar-refractivity contribution in [3.63, 3.8) is 0 Å². The van der Waals surface area contributed by atoms with E-state index in [-0.39, 0.29) is 0 Å². The minimum atomic E-state index is 0.426. The van der Waals surface area contributed by atoms with E-state index in [0.29, 0.717) is 11.7 Å². The number of hydrogen-bond donors (Lipinski definition) is 0. The quantitative estimate of drug-likeness (QED) is 0.697. The van der Waals surface area contributed by atoms with Gasteiger partial charge in [-0.25, -0.2) is 0 Å². The van der Waals surface area contributed by atoms with E-state index in [9.17, 15) is 4.79 Å². The van der Waals surface area contributed by atoms with Crippen LogP contribution >= 0.6 is 11.3 Å². The first-order valence-corrected chi connectivity index (χ1v) is 6.82. The molecule has 2 bridgehead atoms. The Morgan fingerprint density at radius 1 is 1.27 bits per heavy atom. The molecule has 3 saturated carbocycles. The summed E-state index contributed by atoms with van der Waals surface area (Å²) in [4.78, 5) is 13.2. The van der Waals surface area contributed by atoms with Crippen LogP contribution < -0.4 is 0 Å². The van der Waals surface area contributed by atoms with Gasteiger partial charge in [-0.05, 0) is 54.4 Å². The molecule has 0 amide bonds. The zero-order valence-electron chi connectivity index (χ0n) is 8.56. The van der Waals surface area contributed by atoms with Gasteiger partial charge in [-0.1, -0.05) is 6.07 Å². The summed E-state index contributed by atoms with van der Waals surface area (Å²) in [7, 11) is 0. The van der Waals surface area contributed by atoms with Crippen molar-refractivity contribution in [2.24, 2.45) is 29.6 Å². The summed E-state index contributed by atoms with van der Waals surface area (Å²) in [5.41, 5.74) is 0. The number of thiophene rings is 1. The lowest BCUT2D eigenvalue weighted by atomic mass is 9.99. The van der Waals surface area contributed by atoms with Crippen LogP contribution in [0.2, 0.25) is 0 Å². The second-order valence-electron chi connectivity index (χ2n) is 5.36. The molecule has 1 aromatic rings. The third kappa shape index (κ3) is 1.01. The van der Waals surface area contributed by atoms with Crippen LogP contribution in [0.25, 0.3) is 0 Å². The van der Waals surface area contributed by atoms with E-state index in [4.69, 9.17) is 0 Å². The Morgan fingerprint density at radius 2 is 2.00 bits per heavy atom. The van der Waals surface area contributed by atoms with E-state index in [0.717, 1.165) is 28.5 Å². The van der Waals surface area contributed by atoms with E-state index in [2.05, 4.69) is 0 Å². The average molecular weight is 218 g/mol. The van der Waals surface area contributed by atoms with Crippen LogP contribution in [0.1, 0.15) is 28.9 Å². The minimum Gasteiger partial charge on any atom is -0.293 e. The van der Waals surface area contributed by atoms with E-state index in [1.54, 1.807) is 11.3 Å². The van der Waals surface area contributed by atoms with Crippen molar-refractivity contribution in [1.82, 2.24) is 0 Å². The molecule has 0 radical (unpaired) electrons. The van der Waals surface area contributed by atoms with Gasteiger partial charge in [0, 0.05) is 5.92 Å². The number of carbonyl (C=O) groups excluding carboxylic acids is 1. The van der Waals surface area contributed by atoms with Crippen LogP contribution in [0.4, 0.5) is 0 Å². The Labute approximate surface area is 93.5 Å². The van der Waals surface area contributed by atoms with Gasteiger partial charge in [0.15, 0.2) is 5.78 Å². The first-order chi connectivity index (χ1) is 7.36. The number of hydrogen-bond acceptors (Lipinski definition) is 2. The maximum Gasteiger partial charge on any atom is 0.176 e. The first kappa shape index (κ1) is 8.51. The number of carbonyl (C=O) groups is 1. The summed E-state index contributed by atoms with van der Waals surface area (Å²) in [5, 5.41) is 2.01. The molecule has 0 spiro atoms. The molecule has 1 nitrogen and oxygen atoms in total. The number of ketones is 1. The maximum absolute atomic E-state index is 12.2. The SMILES string of the molecule is O=C(c1cccs1)C1C2C3CCC(C3)C12. The fraction of sp³-hybridized carbons (Fsp3) is 0.615. The van der Waals surface area contributed by atoms with Gasteiger partial charge in [0.1, 0.15) is 0 Å².